The third-order valence-corrected chi connectivity index (χ3v) is 4.06. The number of hydrogen-bond acceptors (Lipinski definition) is 3. The zero-order valence-electron chi connectivity index (χ0n) is 10.3. The van der Waals surface area contributed by atoms with E-state index < -0.39 is 5.97 Å². The van der Waals surface area contributed by atoms with Crippen molar-refractivity contribution >= 4 is 5.97 Å². The Kier molecular flexibility index (Phi) is 3.84. The molecule has 0 aromatic rings. The van der Waals surface area contributed by atoms with Crippen molar-refractivity contribution in [1.29, 1.82) is 0 Å². The van der Waals surface area contributed by atoms with Crippen molar-refractivity contribution in [1.82, 2.24) is 0 Å². The van der Waals surface area contributed by atoms with E-state index in [0.717, 1.165) is 50.4 Å². The number of carboxylic acid groups (broad SMARTS) is 1. The van der Waals surface area contributed by atoms with Gasteiger partial charge in [-0.05, 0) is 37.1 Å². The first-order valence-corrected chi connectivity index (χ1v) is 6.29. The molecule has 0 radical (unpaired) electrons. The van der Waals surface area contributed by atoms with Crippen LogP contribution in [-0.4, -0.2) is 30.8 Å². The minimum absolute atomic E-state index is 0.768. The summed E-state index contributed by atoms with van der Waals surface area (Å²) >= 11 is 0. The fourth-order valence-electron chi connectivity index (χ4n) is 3.01. The number of aliphatic carboxylic acids is 1. The van der Waals surface area contributed by atoms with E-state index in [4.69, 9.17) is 20.4 Å². The molecule has 96 valence electrons. The Morgan fingerprint density at radius 2 is 2.24 bits per heavy atom. The second kappa shape index (κ2) is 5.19. The summed E-state index contributed by atoms with van der Waals surface area (Å²) in [6.07, 6.45) is 5.23. The molecule has 4 nitrogen and oxygen atoms in total. The summed E-state index contributed by atoms with van der Waals surface area (Å²) in [5.74, 6) is 2.51. The van der Waals surface area contributed by atoms with Crippen LogP contribution in [0.5, 0.6) is 0 Å². The standard InChI is InChI=1S/C11H17NO.C2H4O2/c12-4-9-2-8-1-7(3-11(8)9)10-5-13-6-10;1-2(3)4/h3,8-11H,1-2,4-6,12H2;1H3,(H,3,4). The van der Waals surface area contributed by atoms with Crippen molar-refractivity contribution in [3.05, 3.63) is 11.6 Å². The van der Waals surface area contributed by atoms with Crippen LogP contribution in [0.25, 0.3) is 0 Å². The summed E-state index contributed by atoms with van der Waals surface area (Å²) in [4.78, 5) is 9.00. The van der Waals surface area contributed by atoms with Crippen LogP contribution in [0.3, 0.4) is 0 Å². The Morgan fingerprint density at radius 3 is 2.71 bits per heavy atom. The highest BCUT2D eigenvalue weighted by molar-refractivity contribution is 5.62. The molecule has 3 unspecified atom stereocenters. The van der Waals surface area contributed by atoms with Crippen LogP contribution in [0, 0.1) is 23.7 Å². The highest BCUT2D eigenvalue weighted by Gasteiger charge is 2.44. The molecule has 2 fully saturated rings. The highest BCUT2D eigenvalue weighted by Crippen LogP contribution is 2.51. The number of fused-ring (bicyclic) bond motifs is 1. The Morgan fingerprint density at radius 1 is 1.59 bits per heavy atom. The number of carbonyl (C=O) groups is 1. The molecule has 0 aromatic heterocycles. The quantitative estimate of drug-likeness (QED) is 0.712. The molecule has 1 saturated carbocycles. The minimum atomic E-state index is -0.833. The van der Waals surface area contributed by atoms with Gasteiger partial charge < -0.3 is 15.6 Å². The fraction of sp³-hybridized carbons (Fsp3) is 0.769. The summed E-state index contributed by atoms with van der Waals surface area (Å²) in [7, 11) is 0. The molecule has 0 bridgehead atoms. The molecule has 2 aliphatic carbocycles. The SMILES string of the molecule is CC(=O)O.NCC1CC2CC(C3COC3)=CC12. The summed E-state index contributed by atoms with van der Waals surface area (Å²) < 4.78 is 5.23. The van der Waals surface area contributed by atoms with Crippen molar-refractivity contribution in [2.75, 3.05) is 19.8 Å². The zero-order chi connectivity index (χ0) is 12.4. The second-order valence-electron chi connectivity index (χ2n) is 5.27. The van der Waals surface area contributed by atoms with Crippen molar-refractivity contribution in [3.8, 4) is 0 Å². The average Bonchev–Trinajstić information content (AvgIpc) is 2.43. The molecule has 3 atom stereocenters. The molecule has 3 aliphatic rings. The van der Waals surface area contributed by atoms with E-state index >= 15 is 0 Å². The van der Waals surface area contributed by atoms with Crippen LogP contribution < -0.4 is 5.73 Å². The summed E-state index contributed by atoms with van der Waals surface area (Å²) in [5, 5.41) is 7.42. The van der Waals surface area contributed by atoms with Gasteiger partial charge in [-0.3, -0.25) is 4.79 Å². The Balaban J connectivity index is 0.000000239. The van der Waals surface area contributed by atoms with E-state index in [1.165, 1.54) is 12.8 Å². The maximum atomic E-state index is 9.00. The first-order valence-electron chi connectivity index (χ1n) is 6.29. The number of ether oxygens (including phenoxy) is 1. The maximum Gasteiger partial charge on any atom is 0.300 e. The Hall–Kier alpha value is -0.870. The van der Waals surface area contributed by atoms with Gasteiger partial charge in [-0.1, -0.05) is 11.6 Å². The Bertz CT molecular complexity index is 319. The lowest BCUT2D eigenvalue weighted by molar-refractivity contribution is -0.134. The molecule has 0 spiro atoms. The van der Waals surface area contributed by atoms with Crippen LogP contribution in [0.1, 0.15) is 19.8 Å². The first-order chi connectivity index (χ1) is 8.11. The topological polar surface area (TPSA) is 72.5 Å². The fourth-order valence-corrected chi connectivity index (χ4v) is 3.01. The van der Waals surface area contributed by atoms with Crippen LogP contribution in [-0.2, 0) is 9.53 Å². The molecule has 4 heteroatoms. The molecule has 1 aliphatic heterocycles. The molecule has 0 aromatic carbocycles. The van der Waals surface area contributed by atoms with Gasteiger partial charge >= 0.3 is 0 Å². The van der Waals surface area contributed by atoms with E-state index in [0.29, 0.717) is 0 Å². The van der Waals surface area contributed by atoms with Gasteiger partial charge in [0.1, 0.15) is 0 Å². The summed E-state index contributed by atoms with van der Waals surface area (Å²) in [6.45, 7) is 3.91. The van der Waals surface area contributed by atoms with E-state index in [1.807, 2.05) is 0 Å². The van der Waals surface area contributed by atoms with Gasteiger partial charge in [-0.2, -0.15) is 0 Å². The molecule has 17 heavy (non-hydrogen) atoms. The lowest BCUT2D eigenvalue weighted by Crippen LogP contribution is -2.37. The normalized spacial score (nSPS) is 34.7. The zero-order valence-corrected chi connectivity index (χ0v) is 10.3. The average molecular weight is 239 g/mol. The lowest BCUT2D eigenvalue weighted by atomic mass is 9.66. The summed E-state index contributed by atoms with van der Waals surface area (Å²) in [6, 6.07) is 0. The molecule has 3 N–H and O–H groups in total. The molecule has 3 rings (SSSR count). The lowest BCUT2D eigenvalue weighted by Gasteiger charge is -2.39. The van der Waals surface area contributed by atoms with Gasteiger partial charge in [-0.25, -0.2) is 0 Å². The third-order valence-electron chi connectivity index (χ3n) is 4.06. The molecule has 0 amide bonds. The van der Waals surface area contributed by atoms with Gasteiger partial charge in [-0.15, -0.1) is 0 Å². The molecule has 1 saturated heterocycles. The van der Waals surface area contributed by atoms with Crippen molar-refractivity contribution in [3.63, 3.8) is 0 Å². The number of allylic oxidation sites excluding steroid dienone is 1. The molecule has 1 heterocycles. The van der Waals surface area contributed by atoms with Crippen LogP contribution >= 0.6 is 0 Å². The van der Waals surface area contributed by atoms with E-state index in [-0.39, 0.29) is 0 Å². The largest absolute Gasteiger partial charge is 0.481 e. The van der Waals surface area contributed by atoms with Crippen LogP contribution in [0.2, 0.25) is 0 Å². The second-order valence-corrected chi connectivity index (χ2v) is 5.27. The third kappa shape index (κ3) is 2.69. The first kappa shape index (κ1) is 12.6. The van der Waals surface area contributed by atoms with Gasteiger partial charge in [0, 0.05) is 12.8 Å². The predicted molar refractivity (Wildman–Crippen MR) is 64.5 cm³/mol. The predicted octanol–water partition coefficient (Wildman–Crippen LogP) is 1.26. The van der Waals surface area contributed by atoms with Gasteiger partial charge in [0.15, 0.2) is 0 Å². The maximum absolute atomic E-state index is 9.00. The van der Waals surface area contributed by atoms with E-state index in [9.17, 15) is 0 Å². The monoisotopic (exact) mass is 239 g/mol. The smallest absolute Gasteiger partial charge is 0.300 e. The number of carboxylic acids is 1. The van der Waals surface area contributed by atoms with Crippen molar-refractivity contribution in [2.24, 2.45) is 29.4 Å². The number of nitrogens with two attached hydrogens (primary N) is 1. The van der Waals surface area contributed by atoms with Gasteiger partial charge in [0.2, 0.25) is 0 Å². The highest BCUT2D eigenvalue weighted by atomic mass is 16.5. The van der Waals surface area contributed by atoms with Gasteiger partial charge in [0.05, 0.1) is 13.2 Å². The molecular formula is C13H21NO3. The van der Waals surface area contributed by atoms with E-state index in [2.05, 4.69) is 6.08 Å². The molecular weight excluding hydrogens is 218 g/mol. The van der Waals surface area contributed by atoms with Crippen molar-refractivity contribution < 1.29 is 14.6 Å². The summed E-state index contributed by atoms with van der Waals surface area (Å²) in [5.41, 5.74) is 7.38. The van der Waals surface area contributed by atoms with Crippen LogP contribution in [0.15, 0.2) is 11.6 Å². The minimum Gasteiger partial charge on any atom is -0.481 e. The van der Waals surface area contributed by atoms with Gasteiger partial charge in [0.25, 0.3) is 5.97 Å². The van der Waals surface area contributed by atoms with E-state index in [1.54, 1.807) is 5.57 Å². The Labute approximate surface area is 102 Å². The van der Waals surface area contributed by atoms with Crippen molar-refractivity contribution in [2.45, 2.75) is 19.8 Å². The number of rotatable bonds is 2. The van der Waals surface area contributed by atoms with Crippen LogP contribution in [0.4, 0.5) is 0 Å². The number of hydrogen-bond donors (Lipinski definition) is 2.